The standard InChI is InChI=1S/C9H11N5O2/c10-8-7-9(12-3-11-8)14(4-13-7)5-1-16-2-6(5)15/h3-6,15H,1-2H2,(H2,10,11,12). The van der Waals surface area contributed by atoms with Crippen molar-refractivity contribution >= 4 is 17.0 Å². The molecule has 1 aliphatic rings. The second-order valence-electron chi connectivity index (χ2n) is 3.76. The molecule has 0 amide bonds. The Kier molecular flexibility index (Phi) is 2.01. The van der Waals surface area contributed by atoms with E-state index in [9.17, 15) is 5.11 Å². The molecule has 0 aliphatic carbocycles. The number of fused-ring (bicyclic) bond motifs is 1. The number of rotatable bonds is 1. The molecule has 0 bridgehead atoms. The molecule has 2 atom stereocenters. The molecule has 0 radical (unpaired) electrons. The van der Waals surface area contributed by atoms with Crippen molar-refractivity contribution in [3.05, 3.63) is 12.7 Å². The van der Waals surface area contributed by atoms with Crippen molar-refractivity contribution in [1.82, 2.24) is 19.5 Å². The van der Waals surface area contributed by atoms with Crippen molar-refractivity contribution in [1.29, 1.82) is 0 Å². The first kappa shape index (κ1) is 9.49. The highest BCUT2D eigenvalue weighted by Gasteiger charge is 2.29. The number of nitrogens with two attached hydrogens (primary N) is 1. The van der Waals surface area contributed by atoms with Crippen LogP contribution in [-0.2, 0) is 4.74 Å². The van der Waals surface area contributed by atoms with Gasteiger partial charge in [0.1, 0.15) is 17.9 Å². The zero-order valence-corrected chi connectivity index (χ0v) is 8.45. The van der Waals surface area contributed by atoms with Crippen LogP contribution in [0.3, 0.4) is 0 Å². The van der Waals surface area contributed by atoms with Crippen LogP contribution < -0.4 is 5.73 Å². The predicted octanol–water partition coefficient (Wildman–Crippen LogP) is -0.659. The number of ether oxygens (including phenoxy) is 1. The van der Waals surface area contributed by atoms with Crippen molar-refractivity contribution < 1.29 is 9.84 Å². The van der Waals surface area contributed by atoms with Gasteiger partial charge in [-0.3, -0.25) is 0 Å². The summed E-state index contributed by atoms with van der Waals surface area (Å²) < 4.78 is 6.98. The van der Waals surface area contributed by atoms with Gasteiger partial charge >= 0.3 is 0 Å². The van der Waals surface area contributed by atoms with E-state index < -0.39 is 6.10 Å². The third-order valence-corrected chi connectivity index (χ3v) is 2.77. The van der Waals surface area contributed by atoms with Gasteiger partial charge in [-0.25, -0.2) is 15.0 Å². The van der Waals surface area contributed by atoms with Crippen LogP contribution >= 0.6 is 0 Å². The number of imidazole rings is 1. The quantitative estimate of drug-likeness (QED) is 0.663. The second kappa shape index (κ2) is 3.39. The fraction of sp³-hybridized carbons (Fsp3) is 0.444. The largest absolute Gasteiger partial charge is 0.388 e. The summed E-state index contributed by atoms with van der Waals surface area (Å²) in [7, 11) is 0. The highest BCUT2D eigenvalue weighted by molar-refractivity contribution is 5.81. The van der Waals surface area contributed by atoms with Gasteiger partial charge in [0.05, 0.1) is 25.6 Å². The van der Waals surface area contributed by atoms with Crippen molar-refractivity contribution in [3.8, 4) is 0 Å². The topological polar surface area (TPSA) is 99.1 Å². The monoisotopic (exact) mass is 221 g/mol. The van der Waals surface area contributed by atoms with E-state index in [2.05, 4.69) is 15.0 Å². The molecule has 1 saturated heterocycles. The van der Waals surface area contributed by atoms with E-state index in [1.165, 1.54) is 6.33 Å². The second-order valence-corrected chi connectivity index (χ2v) is 3.76. The van der Waals surface area contributed by atoms with Crippen LogP contribution in [0.5, 0.6) is 0 Å². The van der Waals surface area contributed by atoms with Gasteiger partial charge in [-0.15, -0.1) is 0 Å². The summed E-state index contributed by atoms with van der Waals surface area (Å²) in [6, 6.07) is -0.153. The van der Waals surface area contributed by atoms with Crippen LogP contribution in [0.4, 0.5) is 5.82 Å². The third kappa shape index (κ3) is 1.25. The first-order chi connectivity index (χ1) is 7.77. The lowest BCUT2D eigenvalue weighted by atomic mass is 10.2. The van der Waals surface area contributed by atoms with Crippen molar-refractivity contribution in [3.63, 3.8) is 0 Å². The van der Waals surface area contributed by atoms with Gasteiger partial charge in [-0.1, -0.05) is 0 Å². The molecule has 2 aromatic rings. The highest BCUT2D eigenvalue weighted by Crippen LogP contribution is 2.24. The Hall–Kier alpha value is -1.73. The maximum absolute atomic E-state index is 9.74. The molecule has 2 aromatic heterocycles. The fourth-order valence-corrected chi connectivity index (χ4v) is 1.91. The Morgan fingerprint density at radius 3 is 3.00 bits per heavy atom. The molecule has 0 saturated carbocycles. The fourth-order valence-electron chi connectivity index (χ4n) is 1.91. The first-order valence-corrected chi connectivity index (χ1v) is 4.96. The van der Waals surface area contributed by atoms with Crippen LogP contribution in [0.2, 0.25) is 0 Å². The number of hydrogen-bond donors (Lipinski definition) is 2. The molecule has 3 heterocycles. The van der Waals surface area contributed by atoms with E-state index in [0.29, 0.717) is 30.2 Å². The predicted molar refractivity (Wildman–Crippen MR) is 55.6 cm³/mol. The maximum atomic E-state index is 9.74. The molecule has 1 aliphatic heterocycles. The van der Waals surface area contributed by atoms with E-state index in [4.69, 9.17) is 10.5 Å². The zero-order chi connectivity index (χ0) is 11.1. The first-order valence-electron chi connectivity index (χ1n) is 4.96. The SMILES string of the molecule is Nc1ncnc2c1ncn2C1COCC1O. The minimum absolute atomic E-state index is 0.153. The molecule has 7 heteroatoms. The van der Waals surface area contributed by atoms with E-state index in [1.807, 2.05) is 0 Å². The van der Waals surface area contributed by atoms with Crippen LogP contribution in [0.15, 0.2) is 12.7 Å². The Morgan fingerprint density at radius 1 is 1.38 bits per heavy atom. The van der Waals surface area contributed by atoms with Gasteiger partial charge in [-0.05, 0) is 0 Å². The summed E-state index contributed by atoms with van der Waals surface area (Å²) in [6.45, 7) is 0.793. The molecular weight excluding hydrogens is 210 g/mol. The van der Waals surface area contributed by atoms with Gasteiger partial charge < -0.3 is 20.1 Å². The summed E-state index contributed by atoms with van der Waals surface area (Å²) in [5.74, 6) is 0.345. The summed E-state index contributed by atoms with van der Waals surface area (Å²) in [4.78, 5) is 12.1. The summed E-state index contributed by atoms with van der Waals surface area (Å²) in [5.41, 5.74) is 6.87. The smallest absolute Gasteiger partial charge is 0.165 e. The van der Waals surface area contributed by atoms with Crippen LogP contribution in [0, 0.1) is 0 Å². The minimum Gasteiger partial charge on any atom is -0.388 e. The van der Waals surface area contributed by atoms with Gasteiger partial charge in [-0.2, -0.15) is 0 Å². The Morgan fingerprint density at radius 2 is 2.25 bits per heavy atom. The minimum atomic E-state index is -0.534. The molecule has 3 rings (SSSR count). The number of aromatic nitrogens is 4. The zero-order valence-electron chi connectivity index (χ0n) is 8.45. The highest BCUT2D eigenvalue weighted by atomic mass is 16.5. The lowest BCUT2D eigenvalue weighted by molar-refractivity contribution is 0.120. The lowest BCUT2D eigenvalue weighted by Crippen LogP contribution is -2.21. The van der Waals surface area contributed by atoms with Gasteiger partial charge in [0.25, 0.3) is 0 Å². The Bertz CT molecular complexity index is 526. The molecule has 2 unspecified atom stereocenters. The van der Waals surface area contributed by atoms with E-state index in [0.717, 1.165) is 0 Å². The molecule has 84 valence electrons. The molecule has 1 fully saturated rings. The number of hydrogen-bond acceptors (Lipinski definition) is 6. The third-order valence-electron chi connectivity index (χ3n) is 2.77. The van der Waals surface area contributed by atoms with Crippen LogP contribution in [0.25, 0.3) is 11.2 Å². The van der Waals surface area contributed by atoms with Crippen molar-refractivity contribution in [2.75, 3.05) is 18.9 Å². The average molecular weight is 221 g/mol. The molecule has 7 nitrogen and oxygen atoms in total. The van der Waals surface area contributed by atoms with Crippen molar-refractivity contribution in [2.24, 2.45) is 0 Å². The normalized spacial score (nSPS) is 25.3. The number of anilines is 1. The Labute approximate surface area is 90.9 Å². The van der Waals surface area contributed by atoms with Gasteiger partial charge in [0.2, 0.25) is 0 Å². The number of nitrogen functional groups attached to an aromatic ring is 1. The van der Waals surface area contributed by atoms with Gasteiger partial charge in [0, 0.05) is 0 Å². The molecular formula is C9H11N5O2. The van der Waals surface area contributed by atoms with Crippen LogP contribution in [-0.4, -0.2) is 43.9 Å². The molecule has 0 aromatic carbocycles. The molecule has 0 spiro atoms. The molecule has 16 heavy (non-hydrogen) atoms. The summed E-state index contributed by atoms with van der Waals surface area (Å²) in [6.07, 6.45) is 2.46. The summed E-state index contributed by atoms with van der Waals surface area (Å²) >= 11 is 0. The van der Waals surface area contributed by atoms with E-state index in [-0.39, 0.29) is 6.04 Å². The molecule has 3 N–H and O–H groups in total. The van der Waals surface area contributed by atoms with Crippen molar-refractivity contribution in [2.45, 2.75) is 12.1 Å². The maximum Gasteiger partial charge on any atom is 0.165 e. The summed E-state index contributed by atoms with van der Waals surface area (Å²) in [5, 5.41) is 9.74. The van der Waals surface area contributed by atoms with Crippen LogP contribution in [0.1, 0.15) is 6.04 Å². The van der Waals surface area contributed by atoms with E-state index >= 15 is 0 Å². The van der Waals surface area contributed by atoms with E-state index in [1.54, 1.807) is 10.9 Å². The number of nitrogens with zero attached hydrogens (tertiary/aromatic N) is 4. The average Bonchev–Trinajstić information content (AvgIpc) is 2.84. The Balaban J connectivity index is 2.14. The number of aliphatic hydroxyl groups excluding tert-OH is 1. The van der Waals surface area contributed by atoms with Gasteiger partial charge in [0.15, 0.2) is 11.5 Å². The number of aliphatic hydroxyl groups is 1. The lowest BCUT2D eigenvalue weighted by Gasteiger charge is -2.14.